The van der Waals surface area contributed by atoms with Crippen LogP contribution in [0.5, 0.6) is 11.5 Å². The van der Waals surface area contributed by atoms with Crippen molar-refractivity contribution in [3.05, 3.63) is 23.8 Å². The van der Waals surface area contributed by atoms with E-state index < -0.39 is 0 Å². The van der Waals surface area contributed by atoms with Crippen LogP contribution in [-0.2, 0) is 4.79 Å². The molecule has 0 aromatic heterocycles. The highest BCUT2D eigenvalue weighted by molar-refractivity contribution is 7.80. The van der Waals surface area contributed by atoms with Gasteiger partial charge in [0.05, 0.1) is 20.3 Å². The molecule has 1 aromatic carbocycles. The molecule has 6 heteroatoms. The third-order valence-corrected chi connectivity index (χ3v) is 4.34. The number of ether oxygens (including phenoxy) is 2. The first-order valence-electron chi connectivity index (χ1n) is 8.43. The molecule has 0 aliphatic heterocycles. The minimum absolute atomic E-state index is 0.00983. The van der Waals surface area contributed by atoms with Gasteiger partial charge in [-0.25, -0.2) is 0 Å². The molecule has 5 nitrogen and oxygen atoms in total. The Morgan fingerprint density at radius 2 is 2.04 bits per heavy atom. The molecule has 0 aliphatic carbocycles. The number of carbonyl (C=O) groups is 1. The Balaban J connectivity index is 2.62. The molecule has 0 radical (unpaired) electrons. The van der Waals surface area contributed by atoms with Crippen LogP contribution in [0.25, 0.3) is 0 Å². The second-order valence-corrected chi connectivity index (χ2v) is 6.22. The Bertz CT molecular complexity index is 511. The van der Waals surface area contributed by atoms with Crippen LogP contribution < -0.4 is 20.5 Å². The number of nitrogens with one attached hydrogen (secondary N) is 1. The van der Waals surface area contributed by atoms with Gasteiger partial charge >= 0.3 is 0 Å². The molecule has 0 aliphatic rings. The summed E-state index contributed by atoms with van der Waals surface area (Å²) < 4.78 is 10.6. The molecule has 0 saturated heterocycles. The molecule has 136 valence electrons. The molecule has 1 rings (SSSR count). The molecule has 0 fully saturated rings. The smallest absolute Gasteiger partial charge is 0.220 e. The summed E-state index contributed by atoms with van der Waals surface area (Å²) in [7, 11) is 3.21. The predicted octanol–water partition coefficient (Wildman–Crippen LogP) is 3.09. The van der Waals surface area contributed by atoms with Crippen LogP contribution in [0.4, 0.5) is 0 Å². The van der Waals surface area contributed by atoms with E-state index in [4.69, 9.17) is 15.2 Å². The van der Waals surface area contributed by atoms with Crippen molar-refractivity contribution in [3.8, 4) is 11.5 Å². The van der Waals surface area contributed by atoms with Crippen LogP contribution in [0.3, 0.4) is 0 Å². The lowest BCUT2D eigenvalue weighted by Crippen LogP contribution is -2.30. The topological polar surface area (TPSA) is 73.6 Å². The van der Waals surface area contributed by atoms with Crippen LogP contribution in [0, 0.1) is 0 Å². The highest BCUT2D eigenvalue weighted by atomic mass is 32.1. The standard InChI is InChI=1S/C18H30N2O3S/c1-4-6-13(19)7-5-8-18(21)20-16(12-24)15-10-9-14(22-2)11-17(15)23-3/h9-11,13,16,24H,4-8,12,19H2,1-3H3,(H,20,21). The van der Waals surface area contributed by atoms with Crippen LogP contribution in [0.2, 0.25) is 0 Å². The van der Waals surface area contributed by atoms with Crippen molar-refractivity contribution in [1.29, 1.82) is 0 Å². The maximum absolute atomic E-state index is 12.2. The molecule has 0 heterocycles. The minimum atomic E-state index is -0.203. The highest BCUT2D eigenvalue weighted by Crippen LogP contribution is 2.30. The Morgan fingerprint density at radius 3 is 2.62 bits per heavy atom. The predicted molar refractivity (Wildman–Crippen MR) is 101 cm³/mol. The SMILES string of the molecule is CCCC(N)CCCC(=O)NC(CS)c1ccc(OC)cc1OC. The second-order valence-electron chi connectivity index (χ2n) is 5.85. The van der Waals surface area contributed by atoms with Crippen molar-refractivity contribution >= 4 is 18.5 Å². The van der Waals surface area contributed by atoms with E-state index in [1.165, 1.54) is 0 Å². The van der Waals surface area contributed by atoms with E-state index in [0.717, 1.165) is 31.2 Å². The number of benzene rings is 1. The first kappa shape index (κ1) is 20.6. The Morgan fingerprint density at radius 1 is 1.29 bits per heavy atom. The summed E-state index contributed by atoms with van der Waals surface area (Å²) in [6, 6.07) is 5.54. The Hall–Kier alpha value is -1.40. The van der Waals surface area contributed by atoms with Crippen molar-refractivity contribution in [2.24, 2.45) is 5.73 Å². The molecular formula is C18H30N2O3S. The maximum atomic E-state index is 12.2. The summed E-state index contributed by atoms with van der Waals surface area (Å²) in [5.41, 5.74) is 6.87. The van der Waals surface area contributed by atoms with Crippen molar-refractivity contribution in [2.75, 3.05) is 20.0 Å². The van der Waals surface area contributed by atoms with Gasteiger partial charge in [0, 0.05) is 29.8 Å². The van der Waals surface area contributed by atoms with Gasteiger partial charge in [0.1, 0.15) is 11.5 Å². The number of nitrogens with two attached hydrogens (primary N) is 1. The molecule has 0 saturated carbocycles. The number of carbonyl (C=O) groups excluding carboxylic acids is 1. The zero-order chi connectivity index (χ0) is 17.9. The summed E-state index contributed by atoms with van der Waals surface area (Å²) in [6.45, 7) is 2.12. The molecule has 24 heavy (non-hydrogen) atoms. The van der Waals surface area contributed by atoms with Crippen LogP contribution in [0.1, 0.15) is 50.6 Å². The van der Waals surface area contributed by atoms with Gasteiger partial charge in [0.15, 0.2) is 0 Å². The van der Waals surface area contributed by atoms with E-state index in [9.17, 15) is 4.79 Å². The number of rotatable bonds is 11. The van der Waals surface area contributed by atoms with Gasteiger partial charge in [-0.3, -0.25) is 4.79 Å². The van der Waals surface area contributed by atoms with Gasteiger partial charge in [0.25, 0.3) is 0 Å². The van der Waals surface area contributed by atoms with Gasteiger partial charge in [-0.05, 0) is 31.4 Å². The van der Waals surface area contributed by atoms with E-state index in [1.807, 2.05) is 18.2 Å². The molecular weight excluding hydrogens is 324 g/mol. The molecule has 0 bridgehead atoms. The van der Waals surface area contributed by atoms with E-state index in [1.54, 1.807) is 14.2 Å². The largest absolute Gasteiger partial charge is 0.497 e. The average molecular weight is 355 g/mol. The first-order valence-corrected chi connectivity index (χ1v) is 9.06. The molecule has 0 spiro atoms. The van der Waals surface area contributed by atoms with E-state index >= 15 is 0 Å². The highest BCUT2D eigenvalue weighted by Gasteiger charge is 2.18. The Labute approximate surface area is 150 Å². The van der Waals surface area contributed by atoms with E-state index in [-0.39, 0.29) is 18.0 Å². The fraction of sp³-hybridized carbons (Fsp3) is 0.611. The van der Waals surface area contributed by atoms with Gasteiger partial charge in [-0.15, -0.1) is 0 Å². The number of hydrogen-bond acceptors (Lipinski definition) is 5. The second kappa shape index (κ2) is 11.2. The third kappa shape index (κ3) is 6.61. The van der Waals surface area contributed by atoms with E-state index in [0.29, 0.717) is 23.7 Å². The number of methoxy groups -OCH3 is 2. The number of hydrogen-bond donors (Lipinski definition) is 3. The summed E-state index contributed by atoms with van der Waals surface area (Å²) in [5, 5.41) is 3.02. The van der Waals surface area contributed by atoms with Crippen molar-refractivity contribution < 1.29 is 14.3 Å². The lowest BCUT2D eigenvalue weighted by molar-refractivity contribution is -0.121. The normalized spacial score (nSPS) is 13.2. The van der Waals surface area contributed by atoms with Crippen LogP contribution in [-0.4, -0.2) is 31.9 Å². The van der Waals surface area contributed by atoms with Gasteiger partial charge in [0.2, 0.25) is 5.91 Å². The molecule has 1 aromatic rings. The monoisotopic (exact) mass is 354 g/mol. The van der Waals surface area contributed by atoms with E-state index in [2.05, 4.69) is 24.9 Å². The lowest BCUT2D eigenvalue weighted by atomic mass is 10.0. The van der Waals surface area contributed by atoms with Crippen molar-refractivity contribution in [1.82, 2.24) is 5.32 Å². The maximum Gasteiger partial charge on any atom is 0.220 e. The van der Waals surface area contributed by atoms with Crippen LogP contribution >= 0.6 is 12.6 Å². The third-order valence-electron chi connectivity index (χ3n) is 3.97. The molecule has 1 amide bonds. The lowest BCUT2D eigenvalue weighted by Gasteiger charge is -2.20. The number of thiol groups is 1. The fourth-order valence-electron chi connectivity index (χ4n) is 2.63. The summed E-state index contributed by atoms with van der Waals surface area (Å²) in [4.78, 5) is 12.2. The quantitative estimate of drug-likeness (QED) is 0.534. The minimum Gasteiger partial charge on any atom is -0.497 e. The van der Waals surface area contributed by atoms with Crippen LogP contribution in [0.15, 0.2) is 18.2 Å². The Kier molecular flexibility index (Phi) is 9.64. The molecule has 3 N–H and O–H groups in total. The summed E-state index contributed by atoms with van der Waals surface area (Å²) in [6.07, 6.45) is 4.22. The first-order chi connectivity index (χ1) is 11.5. The number of amides is 1. The molecule has 2 unspecified atom stereocenters. The molecule has 2 atom stereocenters. The zero-order valence-corrected chi connectivity index (χ0v) is 15.8. The van der Waals surface area contributed by atoms with Gasteiger partial charge < -0.3 is 20.5 Å². The summed E-state index contributed by atoms with van der Waals surface area (Å²) in [5.74, 6) is 1.89. The zero-order valence-electron chi connectivity index (χ0n) is 14.9. The average Bonchev–Trinajstić information content (AvgIpc) is 2.59. The fourth-order valence-corrected chi connectivity index (χ4v) is 2.92. The van der Waals surface area contributed by atoms with Gasteiger partial charge in [-0.2, -0.15) is 12.6 Å². The van der Waals surface area contributed by atoms with Crippen molar-refractivity contribution in [3.63, 3.8) is 0 Å². The van der Waals surface area contributed by atoms with Crippen molar-refractivity contribution in [2.45, 2.75) is 51.1 Å². The summed E-state index contributed by atoms with van der Waals surface area (Å²) >= 11 is 4.37. The van der Waals surface area contributed by atoms with Gasteiger partial charge in [-0.1, -0.05) is 13.3 Å².